The summed E-state index contributed by atoms with van der Waals surface area (Å²) in [5, 5.41) is 3.29. The van der Waals surface area contributed by atoms with Crippen LogP contribution in [0.3, 0.4) is 0 Å². The fraction of sp³-hybridized carbons (Fsp3) is 0.400. The van der Waals surface area contributed by atoms with E-state index >= 15 is 0 Å². The molecular weight excluding hydrogens is 238 g/mol. The minimum absolute atomic E-state index is 0.788. The Morgan fingerprint density at radius 1 is 1.26 bits per heavy atom. The molecule has 4 heteroatoms. The quantitative estimate of drug-likeness (QED) is 0.829. The van der Waals surface area contributed by atoms with Crippen molar-refractivity contribution in [1.82, 2.24) is 15.2 Å². The highest BCUT2D eigenvalue weighted by Crippen LogP contribution is 2.13. The van der Waals surface area contributed by atoms with Crippen molar-refractivity contribution in [3.05, 3.63) is 53.7 Å². The number of pyridine rings is 1. The highest BCUT2D eigenvalue weighted by atomic mass is 16.3. The van der Waals surface area contributed by atoms with Gasteiger partial charge in [-0.3, -0.25) is 9.88 Å². The molecule has 0 aliphatic rings. The lowest BCUT2D eigenvalue weighted by molar-refractivity contribution is 0.311. The van der Waals surface area contributed by atoms with Gasteiger partial charge in [0.05, 0.1) is 18.5 Å². The summed E-state index contributed by atoms with van der Waals surface area (Å²) in [7, 11) is 2.10. The molecular formula is C15H21N3O. The third-order valence-corrected chi connectivity index (χ3v) is 2.97. The lowest BCUT2D eigenvalue weighted by atomic mass is 10.2. The van der Waals surface area contributed by atoms with Crippen molar-refractivity contribution >= 4 is 0 Å². The second kappa shape index (κ2) is 7.07. The van der Waals surface area contributed by atoms with E-state index in [-0.39, 0.29) is 0 Å². The lowest BCUT2D eigenvalue weighted by Crippen LogP contribution is -2.19. The Balaban J connectivity index is 1.91. The molecule has 102 valence electrons. The highest BCUT2D eigenvalue weighted by Gasteiger charge is 2.09. The van der Waals surface area contributed by atoms with E-state index in [2.05, 4.69) is 29.2 Å². The van der Waals surface area contributed by atoms with Gasteiger partial charge in [-0.1, -0.05) is 13.0 Å². The Bertz CT molecular complexity index is 481. The smallest absolute Gasteiger partial charge is 0.122 e. The van der Waals surface area contributed by atoms with Crippen LogP contribution in [0.1, 0.15) is 23.9 Å². The molecule has 1 N–H and O–H groups in total. The molecule has 0 atom stereocenters. The van der Waals surface area contributed by atoms with Gasteiger partial charge in [0.25, 0.3) is 0 Å². The summed E-state index contributed by atoms with van der Waals surface area (Å²) in [6, 6.07) is 8.05. The van der Waals surface area contributed by atoms with Gasteiger partial charge < -0.3 is 9.73 Å². The molecule has 0 radical (unpaired) electrons. The lowest BCUT2D eigenvalue weighted by Gasteiger charge is -2.16. The Morgan fingerprint density at radius 2 is 2.16 bits per heavy atom. The average Bonchev–Trinajstić information content (AvgIpc) is 2.84. The second-order valence-corrected chi connectivity index (χ2v) is 4.64. The number of hydrogen-bond acceptors (Lipinski definition) is 4. The summed E-state index contributed by atoms with van der Waals surface area (Å²) in [5.41, 5.74) is 2.32. The first kappa shape index (κ1) is 13.8. The maximum Gasteiger partial charge on any atom is 0.122 e. The van der Waals surface area contributed by atoms with Gasteiger partial charge in [-0.15, -0.1) is 0 Å². The third kappa shape index (κ3) is 4.19. The van der Waals surface area contributed by atoms with E-state index in [1.807, 2.05) is 30.5 Å². The molecule has 0 bridgehead atoms. The van der Waals surface area contributed by atoms with Gasteiger partial charge in [0.2, 0.25) is 0 Å². The zero-order valence-corrected chi connectivity index (χ0v) is 11.6. The zero-order valence-electron chi connectivity index (χ0n) is 11.6. The standard InChI is InChI=1S/C15H21N3O/c1-3-16-10-15-13(7-9-19-15)11-18(2)12-14-6-4-5-8-17-14/h4-9,16H,3,10-12H2,1-2H3. The molecule has 0 saturated heterocycles. The first-order valence-corrected chi connectivity index (χ1v) is 6.64. The van der Waals surface area contributed by atoms with Crippen LogP contribution in [0.4, 0.5) is 0 Å². The largest absolute Gasteiger partial charge is 0.468 e. The van der Waals surface area contributed by atoms with Gasteiger partial charge in [0.15, 0.2) is 0 Å². The molecule has 2 heterocycles. The van der Waals surface area contributed by atoms with Crippen molar-refractivity contribution in [1.29, 1.82) is 0 Å². The Hall–Kier alpha value is -1.65. The van der Waals surface area contributed by atoms with E-state index in [1.54, 1.807) is 6.26 Å². The first-order chi connectivity index (χ1) is 9.29. The van der Waals surface area contributed by atoms with Crippen molar-refractivity contribution in [2.24, 2.45) is 0 Å². The summed E-state index contributed by atoms with van der Waals surface area (Å²) in [6.45, 7) is 5.54. The van der Waals surface area contributed by atoms with E-state index in [4.69, 9.17) is 4.42 Å². The summed E-state index contributed by atoms with van der Waals surface area (Å²) in [5.74, 6) is 1.02. The summed E-state index contributed by atoms with van der Waals surface area (Å²) in [4.78, 5) is 6.58. The Morgan fingerprint density at radius 3 is 2.89 bits per heavy atom. The van der Waals surface area contributed by atoms with Gasteiger partial charge in [0.1, 0.15) is 5.76 Å². The van der Waals surface area contributed by atoms with E-state index < -0.39 is 0 Å². The third-order valence-electron chi connectivity index (χ3n) is 2.97. The first-order valence-electron chi connectivity index (χ1n) is 6.64. The van der Waals surface area contributed by atoms with Gasteiger partial charge in [0, 0.05) is 24.8 Å². The number of nitrogens with one attached hydrogen (secondary N) is 1. The fourth-order valence-corrected chi connectivity index (χ4v) is 2.02. The number of aromatic nitrogens is 1. The number of hydrogen-bond donors (Lipinski definition) is 1. The summed E-state index contributed by atoms with van der Waals surface area (Å²) < 4.78 is 5.51. The van der Waals surface area contributed by atoms with Crippen molar-refractivity contribution in [2.45, 2.75) is 26.6 Å². The SMILES string of the molecule is CCNCc1occc1CN(C)Cc1ccccn1. The van der Waals surface area contributed by atoms with Crippen LogP contribution in [0.25, 0.3) is 0 Å². The van der Waals surface area contributed by atoms with E-state index in [0.29, 0.717) is 0 Å². The number of furan rings is 1. The maximum atomic E-state index is 5.51. The van der Waals surface area contributed by atoms with Crippen LogP contribution >= 0.6 is 0 Å². The molecule has 0 saturated carbocycles. The molecule has 0 aliphatic carbocycles. The highest BCUT2D eigenvalue weighted by molar-refractivity contribution is 5.17. The molecule has 0 fully saturated rings. The van der Waals surface area contributed by atoms with Gasteiger partial charge in [-0.05, 0) is 31.8 Å². The summed E-state index contributed by atoms with van der Waals surface area (Å²) in [6.07, 6.45) is 3.59. The van der Waals surface area contributed by atoms with Crippen molar-refractivity contribution in [3.8, 4) is 0 Å². The van der Waals surface area contributed by atoms with Gasteiger partial charge in [-0.25, -0.2) is 0 Å². The molecule has 0 aromatic carbocycles. The molecule has 19 heavy (non-hydrogen) atoms. The van der Waals surface area contributed by atoms with Crippen LogP contribution in [0.15, 0.2) is 41.1 Å². The Labute approximate surface area is 114 Å². The molecule has 2 aromatic rings. The predicted octanol–water partition coefficient (Wildman–Crippen LogP) is 2.42. The molecule has 0 aliphatic heterocycles. The molecule has 0 unspecified atom stereocenters. The van der Waals surface area contributed by atoms with Crippen LogP contribution in [-0.4, -0.2) is 23.5 Å². The Kier molecular flexibility index (Phi) is 5.12. The van der Waals surface area contributed by atoms with Crippen LogP contribution in [0.5, 0.6) is 0 Å². The fourth-order valence-electron chi connectivity index (χ4n) is 2.02. The van der Waals surface area contributed by atoms with Crippen LogP contribution in [-0.2, 0) is 19.6 Å². The molecule has 4 nitrogen and oxygen atoms in total. The van der Waals surface area contributed by atoms with Crippen LogP contribution < -0.4 is 5.32 Å². The van der Waals surface area contributed by atoms with Gasteiger partial charge >= 0.3 is 0 Å². The van der Waals surface area contributed by atoms with Gasteiger partial charge in [-0.2, -0.15) is 0 Å². The monoisotopic (exact) mass is 259 g/mol. The van der Waals surface area contributed by atoms with Crippen LogP contribution in [0, 0.1) is 0 Å². The molecule has 2 rings (SSSR count). The number of rotatable bonds is 7. The number of nitrogens with zero attached hydrogens (tertiary/aromatic N) is 2. The molecule has 0 amide bonds. The average molecular weight is 259 g/mol. The molecule has 2 aromatic heterocycles. The summed E-state index contributed by atoms with van der Waals surface area (Å²) >= 11 is 0. The molecule has 0 spiro atoms. The second-order valence-electron chi connectivity index (χ2n) is 4.64. The minimum Gasteiger partial charge on any atom is -0.468 e. The van der Waals surface area contributed by atoms with Crippen LogP contribution in [0.2, 0.25) is 0 Å². The predicted molar refractivity (Wildman–Crippen MR) is 75.5 cm³/mol. The van der Waals surface area contributed by atoms with E-state index in [0.717, 1.165) is 37.6 Å². The topological polar surface area (TPSA) is 41.3 Å². The minimum atomic E-state index is 0.788. The maximum absolute atomic E-state index is 5.51. The van der Waals surface area contributed by atoms with Crippen molar-refractivity contribution < 1.29 is 4.42 Å². The van der Waals surface area contributed by atoms with Crippen molar-refractivity contribution in [2.75, 3.05) is 13.6 Å². The van der Waals surface area contributed by atoms with Crippen molar-refractivity contribution in [3.63, 3.8) is 0 Å². The normalized spacial score (nSPS) is 11.1. The van der Waals surface area contributed by atoms with E-state index in [9.17, 15) is 0 Å². The van der Waals surface area contributed by atoms with E-state index in [1.165, 1.54) is 5.56 Å². The zero-order chi connectivity index (χ0) is 13.5.